The molecule has 0 saturated heterocycles. The molecule has 0 bridgehead atoms. The van der Waals surface area contributed by atoms with E-state index in [1.807, 2.05) is 33.8 Å². The van der Waals surface area contributed by atoms with Crippen molar-refractivity contribution in [3.05, 3.63) is 11.6 Å². The summed E-state index contributed by atoms with van der Waals surface area (Å²) in [6, 6.07) is 0.0271. The van der Waals surface area contributed by atoms with Gasteiger partial charge in [0.15, 0.2) is 0 Å². The normalized spacial score (nSPS) is 18.0. The maximum absolute atomic E-state index is 11.6. The van der Waals surface area contributed by atoms with Gasteiger partial charge in [0.2, 0.25) is 0 Å². The molecule has 1 aliphatic carbocycles. The first-order valence-electron chi connectivity index (χ1n) is 6.45. The Morgan fingerprint density at radius 2 is 2.11 bits per heavy atom. The van der Waals surface area contributed by atoms with Crippen LogP contribution in [0.5, 0.6) is 0 Å². The van der Waals surface area contributed by atoms with Crippen molar-refractivity contribution in [3.63, 3.8) is 0 Å². The van der Waals surface area contributed by atoms with Gasteiger partial charge in [-0.15, -0.1) is 0 Å². The summed E-state index contributed by atoms with van der Waals surface area (Å²) in [5.74, 6) is 0.298. The van der Waals surface area contributed by atoms with Gasteiger partial charge >= 0.3 is 6.09 Å². The molecule has 18 heavy (non-hydrogen) atoms. The SMILES string of the molecule is C[C@@H](CC1=CCC(=O)CC1)NC(=O)OC(C)(C)C. The summed E-state index contributed by atoms with van der Waals surface area (Å²) in [5.41, 5.74) is 0.776. The zero-order valence-electron chi connectivity index (χ0n) is 11.7. The van der Waals surface area contributed by atoms with Crippen LogP contribution < -0.4 is 5.32 Å². The van der Waals surface area contributed by atoms with Crippen LogP contribution in [0.4, 0.5) is 4.79 Å². The third kappa shape index (κ3) is 5.84. The van der Waals surface area contributed by atoms with E-state index in [4.69, 9.17) is 4.74 Å². The van der Waals surface area contributed by atoms with E-state index in [-0.39, 0.29) is 12.1 Å². The number of nitrogens with one attached hydrogen (secondary N) is 1. The lowest BCUT2D eigenvalue weighted by molar-refractivity contribution is -0.118. The van der Waals surface area contributed by atoms with E-state index in [9.17, 15) is 9.59 Å². The lowest BCUT2D eigenvalue weighted by Gasteiger charge is -2.23. The standard InChI is InChI=1S/C14H23NO3/c1-10(15-13(17)18-14(2,3)4)9-11-5-7-12(16)8-6-11/h5,10H,6-9H2,1-4H3,(H,15,17)/t10-/m0/s1. The van der Waals surface area contributed by atoms with Crippen molar-refractivity contribution in [2.24, 2.45) is 0 Å². The van der Waals surface area contributed by atoms with Gasteiger partial charge in [-0.05, 0) is 40.5 Å². The molecule has 0 aromatic carbocycles. The summed E-state index contributed by atoms with van der Waals surface area (Å²) >= 11 is 0. The molecule has 1 atom stereocenters. The molecule has 0 aromatic heterocycles. The largest absolute Gasteiger partial charge is 0.444 e. The molecule has 0 radical (unpaired) electrons. The number of alkyl carbamates (subject to hydrolysis) is 1. The molecule has 0 aliphatic heterocycles. The van der Waals surface area contributed by atoms with Crippen molar-refractivity contribution in [1.82, 2.24) is 5.32 Å². The van der Waals surface area contributed by atoms with Crippen molar-refractivity contribution in [2.45, 2.75) is 65.0 Å². The molecule has 0 saturated carbocycles. The Morgan fingerprint density at radius 3 is 2.61 bits per heavy atom. The predicted octanol–water partition coefficient (Wildman–Crippen LogP) is 2.97. The molecule has 0 aromatic rings. The van der Waals surface area contributed by atoms with Gasteiger partial charge in [0.05, 0.1) is 0 Å². The number of carbonyl (C=O) groups excluding carboxylic acids is 2. The van der Waals surface area contributed by atoms with E-state index in [2.05, 4.69) is 5.32 Å². The van der Waals surface area contributed by atoms with Gasteiger partial charge < -0.3 is 10.1 Å². The highest BCUT2D eigenvalue weighted by Crippen LogP contribution is 2.19. The summed E-state index contributed by atoms with van der Waals surface area (Å²) in [4.78, 5) is 22.7. The van der Waals surface area contributed by atoms with Gasteiger partial charge in [0.1, 0.15) is 11.4 Å². The first-order chi connectivity index (χ1) is 8.26. The molecule has 1 aliphatic rings. The molecule has 1 amide bonds. The lowest BCUT2D eigenvalue weighted by Crippen LogP contribution is -2.37. The topological polar surface area (TPSA) is 55.4 Å². The fraction of sp³-hybridized carbons (Fsp3) is 0.714. The fourth-order valence-corrected chi connectivity index (χ4v) is 1.90. The summed E-state index contributed by atoms with van der Waals surface area (Å²) in [6.45, 7) is 7.47. The molecule has 0 fully saturated rings. The molecule has 0 spiro atoms. The molecule has 4 nitrogen and oxygen atoms in total. The van der Waals surface area contributed by atoms with Crippen LogP contribution in [0.25, 0.3) is 0 Å². The minimum atomic E-state index is -0.472. The number of Topliss-reactive ketones (excluding diaryl/α,β-unsaturated/α-hetero) is 1. The fourth-order valence-electron chi connectivity index (χ4n) is 1.90. The highest BCUT2D eigenvalue weighted by Gasteiger charge is 2.19. The number of rotatable bonds is 3. The van der Waals surface area contributed by atoms with E-state index in [0.717, 1.165) is 12.8 Å². The van der Waals surface area contributed by atoms with Crippen molar-refractivity contribution < 1.29 is 14.3 Å². The van der Waals surface area contributed by atoms with Gasteiger partial charge in [-0.2, -0.15) is 0 Å². The first-order valence-corrected chi connectivity index (χ1v) is 6.45. The average molecular weight is 253 g/mol. The lowest BCUT2D eigenvalue weighted by atomic mass is 9.94. The predicted molar refractivity (Wildman–Crippen MR) is 70.4 cm³/mol. The number of hydrogen-bond donors (Lipinski definition) is 1. The number of ketones is 1. The van der Waals surface area contributed by atoms with Gasteiger partial charge in [-0.3, -0.25) is 4.79 Å². The van der Waals surface area contributed by atoms with Crippen LogP contribution in [0.2, 0.25) is 0 Å². The van der Waals surface area contributed by atoms with Gasteiger partial charge in [0.25, 0.3) is 0 Å². The molecule has 102 valence electrons. The Hall–Kier alpha value is -1.32. The van der Waals surface area contributed by atoms with E-state index in [0.29, 0.717) is 18.6 Å². The summed E-state index contributed by atoms with van der Waals surface area (Å²) in [6.07, 6.45) is 4.37. The Morgan fingerprint density at radius 1 is 1.44 bits per heavy atom. The minimum Gasteiger partial charge on any atom is -0.444 e. The Labute approximate surface area is 109 Å². The maximum atomic E-state index is 11.6. The van der Waals surface area contributed by atoms with Crippen molar-refractivity contribution in [2.75, 3.05) is 0 Å². The monoisotopic (exact) mass is 253 g/mol. The van der Waals surface area contributed by atoms with Crippen molar-refractivity contribution in [3.8, 4) is 0 Å². The zero-order valence-corrected chi connectivity index (χ0v) is 11.7. The van der Waals surface area contributed by atoms with Crippen LogP contribution in [-0.4, -0.2) is 23.5 Å². The van der Waals surface area contributed by atoms with Crippen LogP contribution in [0.1, 0.15) is 53.4 Å². The van der Waals surface area contributed by atoms with Crippen molar-refractivity contribution in [1.29, 1.82) is 0 Å². The second-order valence-electron chi connectivity index (χ2n) is 5.86. The average Bonchev–Trinajstić information content (AvgIpc) is 2.18. The Kier molecular flexibility index (Phi) is 4.93. The molecular weight excluding hydrogens is 230 g/mol. The minimum absolute atomic E-state index is 0.0271. The van der Waals surface area contributed by atoms with E-state index in [1.54, 1.807) is 0 Å². The molecule has 1 N–H and O–H groups in total. The Bertz CT molecular complexity index is 353. The number of carbonyl (C=O) groups is 2. The van der Waals surface area contributed by atoms with Crippen LogP contribution in [0.15, 0.2) is 11.6 Å². The molecule has 4 heteroatoms. The van der Waals surface area contributed by atoms with Crippen molar-refractivity contribution >= 4 is 11.9 Å². The van der Waals surface area contributed by atoms with E-state index in [1.165, 1.54) is 5.57 Å². The van der Waals surface area contributed by atoms with Crippen LogP contribution in [-0.2, 0) is 9.53 Å². The van der Waals surface area contributed by atoms with E-state index < -0.39 is 5.60 Å². The third-order valence-electron chi connectivity index (χ3n) is 2.67. The quantitative estimate of drug-likeness (QED) is 0.787. The second kappa shape index (κ2) is 6.03. The number of ether oxygens (including phenoxy) is 1. The zero-order chi connectivity index (χ0) is 13.8. The maximum Gasteiger partial charge on any atom is 0.407 e. The van der Waals surface area contributed by atoms with Crippen LogP contribution in [0, 0.1) is 0 Å². The van der Waals surface area contributed by atoms with Crippen LogP contribution >= 0.6 is 0 Å². The van der Waals surface area contributed by atoms with Crippen LogP contribution in [0.3, 0.4) is 0 Å². The summed E-state index contributed by atoms with van der Waals surface area (Å²) < 4.78 is 5.19. The first kappa shape index (κ1) is 14.7. The third-order valence-corrected chi connectivity index (χ3v) is 2.67. The molecule has 0 heterocycles. The molecule has 1 rings (SSSR count). The van der Waals surface area contributed by atoms with Gasteiger partial charge in [0, 0.05) is 18.9 Å². The highest BCUT2D eigenvalue weighted by molar-refractivity contribution is 5.81. The van der Waals surface area contributed by atoms with Gasteiger partial charge in [-0.1, -0.05) is 11.6 Å². The second-order valence-corrected chi connectivity index (χ2v) is 5.86. The smallest absolute Gasteiger partial charge is 0.407 e. The van der Waals surface area contributed by atoms with Gasteiger partial charge in [-0.25, -0.2) is 4.79 Å². The summed E-state index contributed by atoms with van der Waals surface area (Å²) in [7, 11) is 0. The Balaban J connectivity index is 2.35. The number of hydrogen-bond acceptors (Lipinski definition) is 3. The molecule has 0 unspecified atom stereocenters. The number of amides is 1. The molecular formula is C14H23NO3. The number of allylic oxidation sites excluding steroid dienone is 1. The van der Waals surface area contributed by atoms with E-state index >= 15 is 0 Å². The highest BCUT2D eigenvalue weighted by atomic mass is 16.6. The summed E-state index contributed by atoms with van der Waals surface area (Å²) in [5, 5.41) is 2.81.